The van der Waals surface area contributed by atoms with E-state index in [1.165, 1.54) is 35.0 Å². The first-order valence-corrected chi connectivity index (χ1v) is 11.1. The molecule has 0 unspecified atom stereocenters. The van der Waals surface area contributed by atoms with Crippen molar-refractivity contribution in [2.75, 3.05) is 11.1 Å². The smallest absolute Gasteiger partial charge is 0.234 e. The van der Waals surface area contributed by atoms with E-state index < -0.39 is 0 Å². The minimum Gasteiger partial charge on any atom is -0.325 e. The van der Waals surface area contributed by atoms with E-state index in [1.807, 2.05) is 18.2 Å². The quantitative estimate of drug-likeness (QED) is 0.442. The van der Waals surface area contributed by atoms with Gasteiger partial charge in [-0.25, -0.2) is 9.97 Å². The van der Waals surface area contributed by atoms with Crippen LogP contribution in [0.3, 0.4) is 0 Å². The number of hydrogen-bond donors (Lipinski definition) is 1. The summed E-state index contributed by atoms with van der Waals surface area (Å²) in [6.45, 7) is 6.34. The predicted molar refractivity (Wildman–Crippen MR) is 114 cm³/mol. The zero-order chi connectivity index (χ0) is 19.0. The Kier molecular flexibility index (Phi) is 5.19. The third-order valence-corrected chi connectivity index (χ3v) is 7.04. The maximum atomic E-state index is 12.5. The zero-order valence-corrected chi connectivity index (χ0v) is 17.5. The molecule has 1 aliphatic rings. The number of nitrogens with zero attached hydrogens (tertiary/aromatic N) is 2. The number of anilines is 1. The lowest BCUT2D eigenvalue weighted by atomic mass is 10.1. The molecule has 0 spiro atoms. The van der Waals surface area contributed by atoms with E-state index >= 15 is 0 Å². The number of carbonyl (C=O) groups excluding carboxylic acids is 1. The summed E-state index contributed by atoms with van der Waals surface area (Å²) in [6, 6.07) is 7.97. The van der Waals surface area contributed by atoms with E-state index in [9.17, 15) is 4.79 Å². The highest BCUT2D eigenvalue weighted by Gasteiger charge is 2.28. The summed E-state index contributed by atoms with van der Waals surface area (Å²) in [5.74, 6) is 1.80. The van der Waals surface area contributed by atoms with E-state index in [4.69, 9.17) is 9.97 Å². The third kappa shape index (κ3) is 3.87. The SMILES string of the molecule is CCc1ccccc1NC(=O)CSc1nc(C2CC2)nc2sc(C)c(C)c12. The van der Waals surface area contributed by atoms with Crippen molar-refractivity contribution in [1.29, 1.82) is 0 Å². The Labute approximate surface area is 167 Å². The van der Waals surface area contributed by atoms with Gasteiger partial charge in [0.2, 0.25) is 5.91 Å². The molecule has 1 aliphatic carbocycles. The van der Waals surface area contributed by atoms with Gasteiger partial charge in [-0.2, -0.15) is 0 Å². The molecule has 1 saturated carbocycles. The molecular weight excluding hydrogens is 374 g/mol. The first-order valence-electron chi connectivity index (χ1n) is 9.35. The first-order chi connectivity index (χ1) is 13.1. The van der Waals surface area contributed by atoms with E-state index in [-0.39, 0.29) is 5.91 Å². The van der Waals surface area contributed by atoms with Gasteiger partial charge in [0.05, 0.1) is 5.75 Å². The number of rotatable bonds is 6. The molecule has 140 valence electrons. The Bertz CT molecular complexity index is 1010. The Morgan fingerprint density at radius 3 is 2.78 bits per heavy atom. The largest absolute Gasteiger partial charge is 0.325 e. The summed E-state index contributed by atoms with van der Waals surface area (Å²) < 4.78 is 0. The van der Waals surface area contributed by atoms with Crippen LogP contribution in [0, 0.1) is 13.8 Å². The van der Waals surface area contributed by atoms with Gasteiger partial charge in [-0.3, -0.25) is 4.79 Å². The van der Waals surface area contributed by atoms with E-state index in [1.54, 1.807) is 11.3 Å². The maximum absolute atomic E-state index is 12.5. The topological polar surface area (TPSA) is 54.9 Å². The third-order valence-electron chi connectivity index (χ3n) is 4.97. The average molecular weight is 398 g/mol. The number of fused-ring (bicyclic) bond motifs is 1. The standard InChI is InChI=1S/C21H23N3OS2/c1-4-14-7-5-6-8-16(14)22-17(25)11-26-20-18-12(2)13(3)27-21(18)24-19(23-20)15-9-10-15/h5-8,15H,4,9-11H2,1-3H3,(H,22,25). The lowest BCUT2D eigenvalue weighted by Gasteiger charge is -2.10. The van der Waals surface area contributed by atoms with Gasteiger partial charge in [0.15, 0.2) is 0 Å². The number of aryl methyl sites for hydroxylation is 3. The van der Waals surface area contributed by atoms with Crippen LogP contribution in [0.2, 0.25) is 0 Å². The Hall–Kier alpha value is -1.92. The van der Waals surface area contributed by atoms with Crippen LogP contribution in [0.4, 0.5) is 5.69 Å². The minimum atomic E-state index is 0.00485. The normalized spacial score (nSPS) is 13.9. The molecule has 1 aromatic carbocycles. The molecule has 4 nitrogen and oxygen atoms in total. The molecule has 1 amide bonds. The number of amides is 1. The van der Waals surface area contributed by atoms with Crippen LogP contribution in [0.1, 0.15) is 47.5 Å². The van der Waals surface area contributed by atoms with Gasteiger partial charge in [-0.05, 0) is 50.3 Å². The molecule has 0 radical (unpaired) electrons. The van der Waals surface area contributed by atoms with Gasteiger partial charge in [0.1, 0.15) is 15.7 Å². The van der Waals surface area contributed by atoms with Crippen molar-refractivity contribution < 1.29 is 4.79 Å². The molecule has 6 heteroatoms. The highest BCUT2D eigenvalue weighted by atomic mass is 32.2. The van der Waals surface area contributed by atoms with Crippen molar-refractivity contribution in [1.82, 2.24) is 9.97 Å². The molecule has 0 atom stereocenters. The van der Waals surface area contributed by atoms with Crippen molar-refractivity contribution in [2.45, 2.75) is 51.0 Å². The van der Waals surface area contributed by atoms with Crippen LogP contribution in [0.5, 0.6) is 0 Å². The molecule has 0 saturated heterocycles. The fourth-order valence-electron chi connectivity index (χ4n) is 3.13. The minimum absolute atomic E-state index is 0.00485. The molecule has 27 heavy (non-hydrogen) atoms. The number of thioether (sulfide) groups is 1. The Balaban J connectivity index is 1.55. The summed E-state index contributed by atoms with van der Waals surface area (Å²) in [4.78, 5) is 24.5. The van der Waals surface area contributed by atoms with Crippen molar-refractivity contribution in [3.63, 3.8) is 0 Å². The van der Waals surface area contributed by atoms with Gasteiger partial charge in [-0.15, -0.1) is 11.3 Å². The summed E-state index contributed by atoms with van der Waals surface area (Å²) in [5.41, 5.74) is 3.29. The van der Waals surface area contributed by atoms with Gasteiger partial charge < -0.3 is 5.32 Å². The van der Waals surface area contributed by atoms with E-state index in [0.29, 0.717) is 11.7 Å². The van der Waals surface area contributed by atoms with Crippen LogP contribution in [0.15, 0.2) is 29.3 Å². The maximum Gasteiger partial charge on any atom is 0.234 e. The number of benzene rings is 1. The Morgan fingerprint density at radius 2 is 2.04 bits per heavy atom. The van der Waals surface area contributed by atoms with Crippen molar-refractivity contribution in [3.05, 3.63) is 46.1 Å². The van der Waals surface area contributed by atoms with Gasteiger partial charge >= 0.3 is 0 Å². The fourth-order valence-corrected chi connectivity index (χ4v) is 5.12. The van der Waals surface area contributed by atoms with E-state index in [2.05, 4.69) is 32.2 Å². The summed E-state index contributed by atoms with van der Waals surface area (Å²) in [5, 5.41) is 5.11. The second-order valence-electron chi connectivity index (χ2n) is 6.97. The van der Waals surface area contributed by atoms with Gasteiger partial charge in [-0.1, -0.05) is 36.9 Å². The van der Waals surface area contributed by atoms with Crippen LogP contribution in [-0.2, 0) is 11.2 Å². The average Bonchev–Trinajstić information content (AvgIpc) is 3.47. The van der Waals surface area contributed by atoms with Crippen LogP contribution in [0.25, 0.3) is 10.2 Å². The number of hydrogen-bond acceptors (Lipinski definition) is 5. The van der Waals surface area contributed by atoms with Crippen molar-refractivity contribution >= 4 is 44.9 Å². The predicted octanol–water partition coefficient (Wildman–Crippen LogP) is 5.48. The lowest BCUT2D eigenvalue weighted by molar-refractivity contribution is -0.113. The summed E-state index contributed by atoms with van der Waals surface area (Å²) in [6.07, 6.45) is 3.24. The summed E-state index contributed by atoms with van der Waals surface area (Å²) in [7, 11) is 0. The number of carbonyl (C=O) groups is 1. The molecule has 2 heterocycles. The second kappa shape index (κ2) is 7.60. The Morgan fingerprint density at radius 1 is 1.26 bits per heavy atom. The van der Waals surface area contributed by atoms with Gasteiger partial charge in [0.25, 0.3) is 0 Å². The molecule has 3 aromatic rings. The number of nitrogens with one attached hydrogen (secondary N) is 1. The van der Waals surface area contributed by atoms with Crippen molar-refractivity contribution in [3.8, 4) is 0 Å². The summed E-state index contributed by atoms with van der Waals surface area (Å²) >= 11 is 3.25. The second-order valence-corrected chi connectivity index (χ2v) is 9.14. The number of thiophene rings is 1. The van der Waals surface area contributed by atoms with E-state index in [0.717, 1.165) is 38.7 Å². The lowest BCUT2D eigenvalue weighted by Crippen LogP contribution is -2.15. The molecule has 1 N–H and O–H groups in total. The molecule has 0 aliphatic heterocycles. The monoisotopic (exact) mass is 397 g/mol. The number of para-hydroxylation sites is 1. The highest BCUT2D eigenvalue weighted by Crippen LogP contribution is 2.42. The molecule has 4 rings (SSSR count). The van der Waals surface area contributed by atoms with Crippen LogP contribution >= 0.6 is 23.1 Å². The number of aromatic nitrogens is 2. The van der Waals surface area contributed by atoms with Crippen LogP contribution in [-0.4, -0.2) is 21.6 Å². The molecule has 1 fully saturated rings. The van der Waals surface area contributed by atoms with Gasteiger partial charge in [0, 0.05) is 21.9 Å². The first kappa shape index (κ1) is 18.4. The zero-order valence-electron chi connectivity index (χ0n) is 15.8. The molecule has 2 aromatic heterocycles. The highest BCUT2D eigenvalue weighted by molar-refractivity contribution is 8.00. The fraction of sp³-hybridized carbons (Fsp3) is 0.381. The molecular formula is C21H23N3OS2. The van der Waals surface area contributed by atoms with Crippen LogP contribution < -0.4 is 5.32 Å². The molecule has 0 bridgehead atoms. The van der Waals surface area contributed by atoms with Crippen molar-refractivity contribution in [2.24, 2.45) is 0 Å².